The summed E-state index contributed by atoms with van der Waals surface area (Å²) in [5.41, 5.74) is 1.49. The van der Waals surface area contributed by atoms with Gasteiger partial charge in [-0.05, 0) is 32.9 Å². The molecule has 0 saturated heterocycles. The number of carbonyl (C=O) groups excluding carboxylic acids is 1. The van der Waals surface area contributed by atoms with Crippen LogP contribution in [0.3, 0.4) is 0 Å². The lowest BCUT2D eigenvalue weighted by atomic mass is 10.1. The molecule has 0 fully saturated rings. The highest BCUT2D eigenvalue weighted by Gasteiger charge is 2.14. The third-order valence-corrected chi connectivity index (χ3v) is 3.19. The van der Waals surface area contributed by atoms with Gasteiger partial charge in [0.05, 0.1) is 18.2 Å². The van der Waals surface area contributed by atoms with Gasteiger partial charge in [0.25, 0.3) is 5.56 Å². The number of nitrogens with zero attached hydrogens (tertiary/aromatic N) is 2. The average Bonchev–Trinajstić information content (AvgIpc) is 2.43. The summed E-state index contributed by atoms with van der Waals surface area (Å²) in [6.45, 7) is 5.29. The SMILES string of the molecule is Cc1nc(C)c(CC(=O)NC(C)c2ccccn2)c(=O)[nH]1. The number of carbonyl (C=O) groups is 1. The second kappa shape index (κ2) is 6.30. The number of H-pyrrole nitrogens is 1. The minimum absolute atomic E-state index is 0.00558. The Morgan fingerprint density at radius 3 is 2.76 bits per heavy atom. The summed E-state index contributed by atoms with van der Waals surface area (Å²) in [5.74, 6) is 0.316. The Balaban J connectivity index is 2.08. The zero-order chi connectivity index (χ0) is 15.4. The maximum absolute atomic E-state index is 12.1. The molecule has 2 aromatic rings. The number of amides is 1. The zero-order valence-corrected chi connectivity index (χ0v) is 12.3. The summed E-state index contributed by atoms with van der Waals surface area (Å²) in [6.07, 6.45) is 1.68. The van der Waals surface area contributed by atoms with Gasteiger partial charge < -0.3 is 10.3 Å². The molecule has 110 valence electrons. The summed E-state index contributed by atoms with van der Waals surface area (Å²) in [7, 11) is 0. The van der Waals surface area contributed by atoms with Crippen molar-refractivity contribution in [2.24, 2.45) is 0 Å². The van der Waals surface area contributed by atoms with Crippen LogP contribution in [0.2, 0.25) is 0 Å². The molecule has 2 heterocycles. The van der Waals surface area contributed by atoms with Gasteiger partial charge in [-0.2, -0.15) is 0 Å². The van der Waals surface area contributed by atoms with Crippen molar-refractivity contribution < 1.29 is 4.79 Å². The Labute approximate surface area is 122 Å². The van der Waals surface area contributed by atoms with Crippen LogP contribution in [0.25, 0.3) is 0 Å². The van der Waals surface area contributed by atoms with Gasteiger partial charge in [0.2, 0.25) is 5.91 Å². The number of hydrogen-bond donors (Lipinski definition) is 2. The van der Waals surface area contributed by atoms with E-state index in [1.54, 1.807) is 20.0 Å². The molecular weight excluding hydrogens is 268 g/mol. The van der Waals surface area contributed by atoms with Crippen molar-refractivity contribution in [2.75, 3.05) is 0 Å². The van der Waals surface area contributed by atoms with Gasteiger partial charge >= 0.3 is 0 Å². The minimum atomic E-state index is -0.263. The first-order chi connectivity index (χ1) is 9.97. The fourth-order valence-electron chi connectivity index (χ4n) is 2.12. The Hall–Kier alpha value is -2.50. The molecule has 0 aliphatic rings. The maximum Gasteiger partial charge on any atom is 0.254 e. The average molecular weight is 286 g/mol. The molecule has 0 aromatic carbocycles. The smallest absolute Gasteiger partial charge is 0.254 e. The fraction of sp³-hybridized carbons (Fsp3) is 0.333. The van der Waals surface area contributed by atoms with Gasteiger partial charge in [0, 0.05) is 17.5 Å². The van der Waals surface area contributed by atoms with Gasteiger partial charge in [0.1, 0.15) is 5.82 Å². The van der Waals surface area contributed by atoms with E-state index < -0.39 is 0 Å². The molecule has 0 spiro atoms. The molecule has 2 rings (SSSR count). The highest BCUT2D eigenvalue weighted by molar-refractivity contribution is 5.79. The second-order valence-electron chi connectivity index (χ2n) is 4.94. The maximum atomic E-state index is 12.1. The second-order valence-corrected chi connectivity index (χ2v) is 4.94. The van der Waals surface area contributed by atoms with E-state index in [9.17, 15) is 9.59 Å². The lowest BCUT2D eigenvalue weighted by molar-refractivity contribution is -0.121. The number of aromatic amines is 1. The van der Waals surface area contributed by atoms with Crippen LogP contribution in [-0.2, 0) is 11.2 Å². The molecule has 0 saturated carbocycles. The van der Waals surface area contributed by atoms with Gasteiger partial charge in [-0.3, -0.25) is 14.6 Å². The van der Waals surface area contributed by atoms with Crippen LogP contribution in [0.1, 0.15) is 35.7 Å². The monoisotopic (exact) mass is 286 g/mol. The summed E-state index contributed by atoms with van der Waals surface area (Å²) >= 11 is 0. The molecule has 1 atom stereocenters. The molecular formula is C15H18N4O2. The van der Waals surface area contributed by atoms with E-state index >= 15 is 0 Å². The van der Waals surface area contributed by atoms with Crippen molar-refractivity contribution >= 4 is 5.91 Å². The van der Waals surface area contributed by atoms with Gasteiger partial charge in [0.15, 0.2) is 0 Å². The van der Waals surface area contributed by atoms with Crippen molar-refractivity contribution in [1.82, 2.24) is 20.3 Å². The van der Waals surface area contributed by atoms with E-state index in [1.165, 1.54) is 0 Å². The van der Waals surface area contributed by atoms with Crippen molar-refractivity contribution in [3.05, 3.63) is 57.5 Å². The van der Waals surface area contributed by atoms with E-state index in [-0.39, 0.29) is 23.9 Å². The van der Waals surface area contributed by atoms with E-state index in [1.807, 2.05) is 25.1 Å². The number of rotatable bonds is 4. The predicted octanol–water partition coefficient (Wildman–Crippen LogP) is 1.20. The quantitative estimate of drug-likeness (QED) is 0.884. The molecule has 1 unspecified atom stereocenters. The standard InChI is InChI=1S/C15H18N4O2/c1-9-12(15(21)19-11(3)17-9)8-14(20)18-10(2)13-6-4-5-7-16-13/h4-7,10H,8H2,1-3H3,(H,18,20)(H,17,19,21). The molecule has 0 aliphatic heterocycles. The first-order valence-corrected chi connectivity index (χ1v) is 6.74. The number of hydrogen-bond acceptors (Lipinski definition) is 4. The van der Waals surface area contributed by atoms with Crippen molar-refractivity contribution in [1.29, 1.82) is 0 Å². The Kier molecular flexibility index (Phi) is 4.47. The summed E-state index contributed by atoms with van der Waals surface area (Å²) < 4.78 is 0. The third kappa shape index (κ3) is 3.75. The van der Waals surface area contributed by atoms with E-state index in [0.29, 0.717) is 17.1 Å². The summed E-state index contributed by atoms with van der Waals surface area (Å²) in [6, 6.07) is 5.32. The van der Waals surface area contributed by atoms with E-state index in [4.69, 9.17) is 0 Å². The Morgan fingerprint density at radius 2 is 2.14 bits per heavy atom. The highest BCUT2D eigenvalue weighted by Crippen LogP contribution is 2.08. The van der Waals surface area contributed by atoms with Crippen LogP contribution < -0.4 is 10.9 Å². The molecule has 0 bridgehead atoms. The molecule has 2 N–H and O–H groups in total. The van der Waals surface area contributed by atoms with E-state index in [2.05, 4.69) is 20.3 Å². The van der Waals surface area contributed by atoms with Crippen molar-refractivity contribution in [3.8, 4) is 0 Å². The lowest BCUT2D eigenvalue weighted by Gasteiger charge is -2.13. The van der Waals surface area contributed by atoms with E-state index in [0.717, 1.165) is 5.69 Å². The fourth-order valence-corrected chi connectivity index (χ4v) is 2.12. The topological polar surface area (TPSA) is 87.7 Å². The summed E-state index contributed by atoms with van der Waals surface area (Å²) in [4.78, 5) is 34.9. The van der Waals surface area contributed by atoms with Crippen molar-refractivity contribution in [2.45, 2.75) is 33.2 Å². The largest absolute Gasteiger partial charge is 0.348 e. The molecule has 21 heavy (non-hydrogen) atoms. The minimum Gasteiger partial charge on any atom is -0.348 e. The normalized spacial score (nSPS) is 12.0. The lowest BCUT2D eigenvalue weighted by Crippen LogP contribution is -2.31. The molecule has 6 nitrogen and oxygen atoms in total. The zero-order valence-electron chi connectivity index (χ0n) is 12.3. The molecule has 1 amide bonds. The van der Waals surface area contributed by atoms with Gasteiger partial charge in [-0.15, -0.1) is 0 Å². The highest BCUT2D eigenvalue weighted by atomic mass is 16.2. The number of aryl methyl sites for hydroxylation is 2. The van der Waals surface area contributed by atoms with Gasteiger partial charge in [-0.25, -0.2) is 4.98 Å². The number of nitrogens with one attached hydrogen (secondary N) is 2. The molecule has 2 aromatic heterocycles. The molecule has 6 heteroatoms. The molecule has 0 radical (unpaired) electrons. The van der Waals surface area contributed by atoms with Crippen LogP contribution in [-0.4, -0.2) is 20.9 Å². The number of pyridine rings is 1. The van der Waals surface area contributed by atoms with Crippen LogP contribution in [0.15, 0.2) is 29.2 Å². The molecule has 0 aliphatic carbocycles. The van der Waals surface area contributed by atoms with Crippen LogP contribution in [0.5, 0.6) is 0 Å². The first-order valence-electron chi connectivity index (χ1n) is 6.74. The number of aromatic nitrogens is 3. The third-order valence-electron chi connectivity index (χ3n) is 3.19. The Bertz CT molecular complexity index is 695. The van der Waals surface area contributed by atoms with Crippen LogP contribution >= 0.6 is 0 Å². The van der Waals surface area contributed by atoms with Crippen molar-refractivity contribution in [3.63, 3.8) is 0 Å². The first kappa shape index (κ1) is 14.9. The summed E-state index contributed by atoms with van der Waals surface area (Å²) in [5, 5.41) is 2.83. The van der Waals surface area contributed by atoms with Crippen LogP contribution in [0.4, 0.5) is 0 Å². The van der Waals surface area contributed by atoms with Crippen LogP contribution in [0, 0.1) is 13.8 Å². The van der Waals surface area contributed by atoms with Gasteiger partial charge in [-0.1, -0.05) is 6.07 Å². The Morgan fingerprint density at radius 1 is 1.38 bits per heavy atom. The predicted molar refractivity (Wildman–Crippen MR) is 78.8 cm³/mol.